The van der Waals surface area contributed by atoms with Crippen LogP contribution in [0, 0.1) is 5.92 Å². The summed E-state index contributed by atoms with van der Waals surface area (Å²) in [6, 6.07) is 9.28. The molecule has 1 saturated carbocycles. The standard InChI is InChI=1S/C18H23N5O2.ClH/c19-16-4-1-3-13(16)11-17(24)20-12-18(25)22-14-5-7-15(8-6-14)23-10-2-9-21-23;/h2,5-10,13,16H,1,3-4,11-12,19H2,(H,20,24)(H,22,25);1H/t13-,16+;/m0./s1. The predicted octanol–water partition coefficient (Wildman–Crippen LogP) is 1.87. The fourth-order valence-corrected chi connectivity index (χ4v) is 3.13. The van der Waals surface area contributed by atoms with Crippen LogP contribution in [-0.2, 0) is 9.59 Å². The van der Waals surface area contributed by atoms with Crippen LogP contribution in [0.3, 0.4) is 0 Å². The fourth-order valence-electron chi connectivity index (χ4n) is 3.13. The Kier molecular flexibility index (Phi) is 7.17. The zero-order valence-corrected chi connectivity index (χ0v) is 15.2. The molecule has 1 aromatic carbocycles. The number of nitrogens with two attached hydrogens (primary N) is 1. The van der Waals surface area contributed by atoms with Gasteiger partial charge in [-0.3, -0.25) is 9.59 Å². The van der Waals surface area contributed by atoms with Crippen molar-refractivity contribution >= 4 is 29.9 Å². The lowest BCUT2D eigenvalue weighted by Gasteiger charge is -2.14. The van der Waals surface area contributed by atoms with Crippen LogP contribution in [0.25, 0.3) is 5.69 Å². The summed E-state index contributed by atoms with van der Waals surface area (Å²) in [7, 11) is 0. The monoisotopic (exact) mass is 377 g/mol. The first-order chi connectivity index (χ1) is 12.1. The van der Waals surface area contributed by atoms with E-state index in [0.29, 0.717) is 12.1 Å². The van der Waals surface area contributed by atoms with Crippen molar-refractivity contribution in [2.45, 2.75) is 31.7 Å². The molecule has 1 aromatic heterocycles. The molecule has 4 N–H and O–H groups in total. The highest BCUT2D eigenvalue weighted by Gasteiger charge is 2.26. The van der Waals surface area contributed by atoms with Crippen molar-refractivity contribution in [1.82, 2.24) is 15.1 Å². The minimum atomic E-state index is -0.254. The van der Waals surface area contributed by atoms with Crippen molar-refractivity contribution in [2.24, 2.45) is 11.7 Å². The van der Waals surface area contributed by atoms with Crippen LogP contribution in [0.2, 0.25) is 0 Å². The molecule has 0 radical (unpaired) electrons. The van der Waals surface area contributed by atoms with Crippen molar-refractivity contribution in [3.05, 3.63) is 42.7 Å². The highest BCUT2D eigenvalue weighted by Crippen LogP contribution is 2.26. The highest BCUT2D eigenvalue weighted by atomic mass is 35.5. The number of benzene rings is 1. The maximum atomic E-state index is 12.0. The third kappa shape index (κ3) is 5.31. The van der Waals surface area contributed by atoms with E-state index in [1.165, 1.54) is 0 Å². The van der Waals surface area contributed by atoms with Gasteiger partial charge in [0.05, 0.1) is 12.2 Å². The molecule has 8 heteroatoms. The first-order valence-electron chi connectivity index (χ1n) is 8.54. The molecule has 0 aliphatic heterocycles. The fraction of sp³-hybridized carbons (Fsp3) is 0.389. The average Bonchev–Trinajstić information content (AvgIpc) is 3.26. The quantitative estimate of drug-likeness (QED) is 0.715. The van der Waals surface area contributed by atoms with Gasteiger partial charge in [0, 0.05) is 30.5 Å². The number of halogens is 1. The Morgan fingerprint density at radius 2 is 1.96 bits per heavy atom. The molecule has 1 fully saturated rings. The maximum Gasteiger partial charge on any atom is 0.243 e. The van der Waals surface area contributed by atoms with Gasteiger partial charge in [0.1, 0.15) is 0 Å². The van der Waals surface area contributed by atoms with E-state index in [1.807, 2.05) is 24.4 Å². The number of carbonyl (C=O) groups is 2. The van der Waals surface area contributed by atoms with Crippen LogP contribution in [0.5, 0.6) is 0 Å². The summed E-state index contributed by atoms with van der Waals surface area (Å²) in [4.78, 5) is 23.9. The minimum Gasteiger partial charge on any atom is -0.347 e. The number of anilines is 1. The Balaban J connectivity index is 0.00000243. The summed E-state index contributed by atoms with van der Waals surface area (Å²) in [5.41, 5.74) is 7.55. The summed E-state index contributed by atoms with van der Waals surface area (Å²) in [6.45, 7) is -0.0400. The highest BCUT2D eigenvalue weighted by molar-refractivity contribution is 5.94. The number of hydrogen-bond donors (Lipinski definition) is 3. The lowest BCUT2D eigenvalue weighted by atomic mass is 10.00. The number of amides is 2. The number of hydrogen-bond acceptors (Lipinski definition) is 4. The van der Waals surface area contributed by atoms with E-state index in [9.17, 15) is 9.59 Å². The topological polar surface area (TPSA) is 102 Å². The van der Waals surface area contributed by atoms with Crippen molar-refractivity contribution in [3.8, 4) is 5.69 Å². The minimum absolute atomic E-state index is 0. The molecule has 1 heterocycles. The van der Waals surface area contributed by atoms with Gasteiger partial charge < -0.3 is 16.4 Å². The first kappa shape index (κ1) is 19.9. The molecule has 0 unspecified atom stereocenters. The lowest BCUT2D eigenvalue weighted by Crippen LogP contribution is -2.36. The first-order valence-corrected chi connectivity index (χ1v) is 8.54. The van der Waals surface area contributed by atoms with Crippen molar-refractivity contribution in [2.75, 3.05) is 11.9 Å². The Morgan fingerprint density at radius 3 is 2.58 bits per heavy atom. The molecule has 1 aliphatic carbocycles. The number of nitrogens with one attached hydrogen (secondary N) is 2. The van der Waals surface area contributed by atoms with E-state index >= 15 is 0 Å². The predicted molar refractivity (Wildman–Crippen MR) is 102 cm³/mol. The van der Waals surface area contributed by atoms with E-state index in [1.54, 1.807) is 23.0 Å². The van der Waals surface area contributed by atoms with Crippen LogP contribution in [-0.4, -0.2) is 34.2 Å². The third-order valence-corrected chi connectivity index (χ3v) is 4.53. The third-order valence-electron chi connectivity index (χ3n) is 4.53. The molecule has 2 amide bonds. The molecule has 3 rings (SSSR count). The van der Waals surface area contributed by atoms with E-state index in [0.717, 1.165) is 24.9 Å². The maximum absolute atomic E-state index is 12.0. The van der Waals surface area contributed by atoms with E-state index in [2.05, 4.69) is 15.7 Å². The second kappa shape index (κ2) is 9.35. The van der Waals surface area contributed by atoms with Crippen LogP contribution >= 0.6 is 12.4 Å². The van der Waals surface area contributed by atoms with Crippen molar-refractivity contribution in [3.63, 3.8) is 0 Å². The van der Waals surface area contributed by atoms with Gasteiger partial charge in [-0.25, -0.2) is 4.68 Å². The molecule has 2 aromatic rings. The lowest BCUT2D eigenvalue weighted by molar-refractivity contribution is -0.124. The van der Waals surface area contributed by atoms with Crippen LogP contribution < -0.4 is 16.4 Å². The van der Waals surface area contributed by atoms with Gasteiger partial charge in [-0.05, 0) is 49.1 Å². The molecular weight excluding hydrogens is 354 g/mol. The molecule has 2 atom stereocenters. The smallest absolute Gasteiger partial charge is 0.243 e. The van der Waals surface area contributed by atoms with Crippen molar-refractivity contribution < 1.29 is 9.59 Å². The van der Waals surface area contributed by atoms with Gasteiger partial charge in [0.2, 0.25) is 11.8 Å². The largest absolute Gasteiger partial charge is 0.347 e. The van der Waals surface area contributed by atoms with Gasteiger partial charge >= 0.3 is 0 Å². The zero-order valence-electron chi connectivity index (χ0n) is 14.4. The molecule has 7 nitrogen and oxygen atoms in total. The normalized spacial score (nSPS) is 18.8. The second-order valence-corrected chi connectivity index (χ2v) is 6.38. The summed E-state index contributed by atoms with van der Waals surface area (Å²) in [6.07, 6.45) is 6.99. The number of rotatable bonds is 6. The SMILES string of the molecule is Cl.N[C@@H]1CCC[C@H]1CC(=O)NCC(=O)Nc1ccc(-n2cccn2)cc1. The molecular formula is C18H24ClN5O2. The summed E-state index contributed by atoms with van der Waals surface area (Å²) >= 11 is 0. The Hall–Kier alpha value is -2.38. The molecule has 0 bridgehead atoms. The number of carbonyl (C=O) groups excluding carboxylic acids is 2. The molecule has 0 saturated heterocycles. The Bertz CT molecular complexity index is 718. The summed E-state index contributed by atoms with van der Waals surface area (Å²) in [5.74, 6) is -0.139. The molecule has 1 aliphatic rings. The molecule has 0 spiro atoms. The van der Waals surface area contributed by atoms with Gasteiger partial charge in [0.15, 0.2) is 0 Å². The summed E-state index contributed by atoms with van der Waals surface area (Å²) in [5, 5.41) is 9.57. The van der Waals surface area contributed by atoms with E-state index < -0.39 is 0 Å². The zero-order chi connectivity index (χ0) is 17.6. The number of nitrogens with zero attached hydrogens (tertiary/aromatic N) is 2. The van der Waals surface area contributed by atoms with Gasteiger partial charge in [-0.1, -0.05) is 6.42 Å². The van der Waals surface area contributed by atoms with Gasteiger partial charge in [-0.2, -0.15) is 5.10 Å². The van der Waals surface area contributed by atoms with Crippen LogP contribution in [0.15, 0.2) is 42.7 Å². The molecule has 140 valence electrons. The van der Waals surface area contributed by atoms with Gasteiger partial charge in [-0.15, -0.1) is 12.4 Å². The van der Waals surface area contributed by atoms with Gasteiger partial charge in [0.25, 0.3) is 0 Å². The molecule has 26 heavy (non-hydrogen) atoms. The summed E-state index contributed by atoms with van der Waals surface area (Å²) < 4.78 is 1.74. The number of aromatic nitrogens is 2. The van der Waals surface area contributed by atoms with Crippen molar-refractivity contribution in [1.29, 1.82) is 0 Å². The Labute approximate surface area is 158 Å². The van der Waals surface area contributed by atoms with Crippen LogP contribution in [0.1, 0.15) is 25.7 Å². The Morgan fingerprint density at radius 1 is 1.19 bits per heavy atom. The average molecular weight is 378 g/mol. The van der Waals surface area contributed by atoms with Crippen LogP contribution in [0.4, 0.5) is 5.69 Å². The van der Waals surface area contributed by atoms with E-state index in [4.69, 9.17) is 5.73 Å². The second-order valence-electron chi connectivity index (χ2n) is 6.38. The van der Waals surface area contributed by atoms with E-state index in [-0.39, 0.29) is 42.7 Å².